The molecule has 1 saturated heterocycles. The van der Waals surface area contributed by atoms with Crippen LogP contribution in [0.25, 0.3) is 10.9 Å². The molecule has 0 bridgehead atoms. The SMILES string of the molecule is CCN1CCCC1CNC(=O)Cn1ccc2c(Br)cccc21. The minimum Gasteiger partial charge on any atom is -0.353 e. The average molecular weight is 364 g/mol. The quantitative estimate of drug-likeness (QED) is 0.886. The maximum absolute atomic E-state index is 12.2. The van der Waals surface area contributed by atoms with E-state index in [1.165, 1.54) is 12.8 Å². The van der Waals surface area contributed by atoms with Crippen LogP contribution in [0.2, 0.25) is 0 Å². The average Bonchev–Trinajstić information content (AvgIpc) is 3.13. The Labute approximate surface area is 139 Å². The number of rotatable bonds is 5. The monoisotopic (exact) mass is 363 g/mol. The second kappa shape index (κ2) is 6.84. The number of carbonyl (C=O) groups is 1. The number of carbonyl (C=O) groups excluding carboxylic acids is 1. The summed E-state index contributed by atoms with van der Waals surface area (Å²) in [5, 5.41) is 4.24. The summed E-state index contributed by atoms with van der Waals surface area (Å²) in [4.78, 5) is 14.7. The first-order chi connectivity index (χ1) is 10.7. The van der Waals surface area contributed by atoms with E-state index < -0.39 is 0 Å². The molecule has 0 aliphatic carbocycles. The molecular weight excluding hydrogens is 342 g/mol. The summed E-state index contributed by atoms with van der Waals surface area (Å²) in [7, 11) is 0. The van der Waals surface area contributed by atoms with Crippen LogP contribution in [0.15, 0.2) is 34.9 Å². The number of likely N-dealkylation sites (tertiary alicyclic amines) is 1. The molecule has 1 aliphatic rings. The number of likely N-dealkylation sites (N-methyl/N-ethyl adjacent to an activating group) is 1. The molecule has 3 rings (SSSR count). The molecule has 1 aromatic carbocycles. The van der Waals surface area contributed by atoms with Crippen molar-refractivity contribution in [2.24, 2.45) is 0 Å². The Morgan fingerprint density at radius 3 is 3.09 bits per heavy atom. The van der Waals surface area contributed by atoms with Gasteiger partial charge >= 0.3 is 0 Å². The van der Waals surface area contributed by atoms with Crippen molar-refractivity contribution in [2.75, 3.05) is 19.6 Å². The van der Waals surface area contributed by atoms with E-state index in [2.05, 4.69) is 33.1 Å². The highest BCUT2D eigenvalue weighted by Gasteiger charge is 2.23. The molecule has 1 amide bonds. The van der Waals surface area contributed by atoms with Crippen LogP contribution in [0.3, 0.4) is 0 Å². The molecule has 5 heteroatoms. The lowest BCUT2D eigenvalue weighted by Crippen LogP contribution is -2.40. The summed E-state index contributed by atoms with van der Waals surface area (Å²) in [5.74, 6) is 0.0837. The molecule has 0 saturated carbocycles. The molecule has 118 valence electrons. The van der Waals surface area contributed by atoms with E-state index >= 15 is 0 Å². The van der Waals surface area contributed by atoms with E-state index in [4.69, 9.17) is 0 Å². The third-order valence-electron chi connectivity index (χ3n) is 4.51. The normalized spacial score (nSPS) is 18.9. The maximum atomic E-state index is 12.2. The minimum atomic E-state index is 0.0837. The van der Waals surface area contributed by atoms with Crippen LogP contribution in [0.5, 0.6) is 0 Å². The van der Waals surface area contributed by atoms with Crippen LogP contribution in [0, 0.1) is 0 Å². The van der Waals surface area contributed by atoms with E-state index in [9.17, 15) is 4.79 Å². The lowest BCUT2D eigenvalue weighted by Gasteiger charge is -2.22. The Kier molecular flexibility index (Phi) is 4.84. The van der Waals surface area contributed by atoms with Crippen molar-refractivity contribution in [1.82, 2.24) is 14.8 Å². The molecule has 1 unspecified atom stereocenters. The Balaban J connectivity index is 1.60. The van der Waals surface area contributed by atoms with Gasteiger partial charge in [-0.25, -0.2) is 0 Å². The molecule has 4 nitrogen and oxygen atoms in total. The zero-order valence-corrected chi connectivity index (χ0v) is 14.5. The van der Waals surface area contributed by atoms with E-state index in [1.807, 2.05) is 35.0 Å². The van der Waals surface area contributed by atoms with E-state index in [1.54, 1.807) is 0 Å². The highest BCUT2D eigenvalue weighted by molar-refractivity contribution is 9.10. The van der Waals surface area contributed by atoms with Crippen LogP contribution < -0.4 is 5.32 Å². The summed E-state index contributed by atoms with van der Waals surface area (Å²) in [6.07, 6.45) is 4.40. The lowest BCUT2D eigenvalue weighted by molar-refractivity contribution is -0.121. The van der Waals surface area contributed by atoms with Crippen LogP contribution in [0.4, 0.5) is 0 Å². The van der Waals surface area contributed by atoms with Gasteiger partial charge in [0.2, 0.25) is 5.91 Å². The lowest BCUT2D eigenvalue weighted by atomic mass is 10.2. The van der Waals surface area contributed by atoms with Crippen molar-refractivity contribution in [2.45, 2.75) is 32.4 Å². The highest BCUT2D eigenvalue weighted by atomic mass is 79.9. The number of amides is 1. The smallest absolute Gasteiger partial charge is 0.239 e. The predicted molar refractivity (Wildman–Crippen MR) is 92.9 cm³/mol. The van der Waals surface area contributed by atoms with Gasteiger partial charge in [-0.1, -0.05) is 28.9 Å². The van der Waals surface area contributed by atoms with Gasteiger partial charge in [-0.15, -0.1) is 0 Å². The first-order valence-corrected chi connectivity index (χ1v) is 8.72. The topological polar surface area (TPSA) is 37.3 Å². The summed E-state index contributed by atoms with van der Waals surface area (Å²) < 4.78 is 3.07. The van der Waals surface area contributed by atoms with Crippen LogP contribution in [-0.4, -0.2) is 41.1 Å². The first kappa shape index (κ1) is 15.6. The van der Waals surface area contributed by atoms with Crippen LogP contribution in [0.1, 0.15) is 19.8 Å². The fourth-order valence-corrected chi connectivity index (χ4v) is 3.80. The molecule has 1 aromatic heterocycles. The fourth-order valence-electron chi connectivity index (χ4n) is 3.31. The molecule has 1 aliphatic heterocycles. The van der Waals surface area contributed by atoms with Crippen LogP contribution >= 0.6 is 15.9 Å². The second-order valence-electron chi connectivity index (χ2n) is 5.84. The third-order valence-corrected chi connectivity index (χ3v) is 5.21. The van der Waals surface area contributed by atoms with Crippen molar-refractivity contribution in [3.63, 3.8) is 0 Å². The Morgan fingerprint density at radius 2 is 2.27 bits per heavy atom. The van der Waals surface area contributed by atoms with Gasteiger partial charge in [0.1, 0.15) is 6.54 Å². The number of halogens is 1. The number of aromatic nitrogens is 1. The summed E-state index contributed by atoms with van der Waals surface area (Å²) in [6, 6.07) is 8.61. The van der Waals surface area contributed by atoms with E-state index in [0.29, 0.717) is 12.6 Å². The van der Waals surface area contributed by atoms with Crippen molar-refractivity contribution in [1.29, 1.82) is 0 Å². The van der Waals surface area contributed by atoms with Gasteiger partial charge in [0, 0.05) is 34.2 Å². The Bertz CT molecular complexity index is 667. The fraction of sp³-hybridized carbons (Fsp3) is 0.471. The molecule has 22 heavy (non-hydrogen) atoms. The maximum Gasteiger partial charge on any atom is 0.239 e. The largest absolute Gasteiger partial charge is 0.353 e. The summed E-state index contributed by atoms with van der Waals surface area (Å²) >= 11 is 3.55. The Hall–Kier alpha value is -1.33. The van der Waals surface area contributed by atoms with Gasteiger partial charge in [0.15, 0.2) is 0 Å². The molecule has 2 heterocycles. The minimum absolute atomic E-state index is 0.0837. The molecular formula is C17H22BrN3O. The number of nitrogens with one attached hydrogen (secondary N) is 1. The number of nitrogens with zero attached hydrogens (tertiary/aromatic N) is 2. The van der Waals surface area contributed by atoms with E-state index in [-0.39, 0.29) is 5.91 Å². The molecule has 2 aromatic rings. The van der Waals surface area contributed by atoms with Gasteiger partial charge in [0.05, 0.1) is 0 Å². The zero-order chi connectivity index (χ0) is 15.5. The van der Waals surface area contributed by atoms with Gasteiger partial charge < -0.3 is 9.88 Å². The molecule has 0 spiro atoms. The molecule has 1 fully saturated rings. The molecule has 1 N–H and O–H groups in total. The standard InChI is InChI=1S/C17H22BrN3O/c1-2-20-9-4-5-13(20)11-19-17(22)12-21-10-8-14-15(18)6-3-7-16(14)21/h3,6-8,10,13H,2,4-5,9,11-12H2,1H3,(H,19,22). The van der Waals surface area contributed by atoms with Crippen LogP contribution in [-0.2, 0) is 11.3 Å². The Morgan fingerprint density at radius 1 is 1.41 bits per heavy atom. The number of fused-ring (bicyclic) bond motifs is 1. The summed E-state index contributed by atoms with van der Waals surface area (Å²) in [5.41, 5.74) is 1.08. The van der Waals surface area contributed by atoms with Gasteiger partial charge in [-0.2, -0.15) is 0 Å². The van der Waals surface area contributed by atoms with Crippen molar-refractivity contribution in [3.05, 3.63) is 34.9 Å². The van der Waals surface area contributed by atoms with Gasteiger partial charge in [0.25, 0.3) is 0 Å². The molecule has 1 atom stereocenters. The van der Waals surface area contributed by atoms with Crippen molar-refractivity contribution >= 4 is 32.7 Å². The predicted octanol–water partition coefficient (Wildman–Crippen LogP) is 3.00. The van der Waals surface area contributed by atoms with Gasteiger partial charge in [-0.05, 0) is 44.1 Å². The van der Waals surface area contributed by atoms with Gasteiger partial charge in [-0.3, -0.25) is 9.69 Å². The zero-order valence-electron chi connectivity index (χ0n) is 12.9. The number of benzene rings is 1. The number of hydrogen-bond acceptors (Lipinski definition) is 2. The first-order valence-electron chi connectivity index (χ1n) is 7.93. The molecule has 0 radical (unpaired) electrons. The second-order valence-corrected chi connectivity index (χ2v) is 6.70. The highest BCUT2D eigenvalue weighted by Crippen LogP contribution is 2.24. The van der Waals surface area contributed by atoms with Crippen molar-refractivity contribution in [3.8, 4) is 0 Å². The third kappa shape index (κ3) is 3.20. The number of hydrogen-bond donors (Lipinski definition) is 1. The summed E-state index contributed by atoms with van der Waals surface area (Å²) in [6.45, 7) is 5.54. The van der Waals surface area contributed by atoms with Crippen molar-refractivity contribution < 1.29 is 4.79 Å². The van der Waals surface area contributed by atoms with E-state index in [0.717, 1.165) is 35.0 Å².